The van der Waals surface area contributed by atoms with Crippen molar-refractivity contribution in [2.24, 2.45) is 0 Å². The summed E-state index contributed by atoms with van der Waals surface area (Å²) in [5.41, 5.74) is 0. The van der Waals surface area contributed by atoms with Gasteiger partial charge in [-0.1, -0.05) is 23.2 Å². The van der Waals surface area contributed by atoms with Gasteiger partial charge >= 0.3 is 5.97 Å². The maximum Gasteiger partial charge on any atom is 0.302 e. The summed E-state index contributed by atoms with van der Waals surface area (Å²) in [6.07, 6.45) is -0.645. The van der Waals surface area contributed by atoms with Gasteiger partial charge in [-0.2, -0.15) is 0 Å². The third kappa shape index (κ3) is 1.59. The van der Waals surface area contributed by atoms with Gasteiger partial charge in [0, 0.05) is 27.6 Å². The second-order valence-corrected chi connectivity index (χ2v) is 6.47. The average molecular weight is 350 g/mol. The third-order valence-corrected chi connectivity index (χ3v) is 6.22. The molecule has 0 aromatic heterocycles. The lowest BCUT2D eigenvalue weighted by Crippen LogP contribution is -2.58. The highest BCUT2D eigenvalue weighted by Crippen LogP contribution is 2.70. The van der Waals surface area contributed by atoms with Crippen LogP contribution in [0.2, 0.25) is 0 Å². The largest absolute Gasteiger partial charge is 0.460 e. The highest BCUT2D eigenvalue weighted by atomic mass is 35.5. The predicted octanol–water partition coefficient (Wildman–Crippen LogP) is 2.97. The molecular formula is C11H12Cl4O4. The topological polar surface area (TPSA) is 44.8 Å². The van der Waals surface area contributed by atoms with Crippen LogP contribution in [0.15, 0.2) is 10.1 Å². The standard InChI is InChI=1S/C11H12Cl4O4/c1-5(16)19-6-4-9(14)7(12)8(13)10(6,15)11(9,17-2)18-3/h6H,4H2,1-3H3/t6-,9-,10-/m1/s1. The monoisotopic (exact) mass is 348 g/mol. The van der Waals surface area contributed by atoms with Crippen molar-refractivity contribution in [3.8, 4) is 0 Å². The lowest BCUT2D eigenvalue weighted by molar-refractivity contribution is -0.222. The molecule has 0 spiro atoms. The highest BCUT2D eigenvalue weighted by molar-refractivity contribution is 6.52. The Morgan fingerprint density at radius 1 is 1.21 bits per heavy atom. The van der Waals surface area contributed by atoms with E-state index in [4.69, 9.17) is 60.6 Å². The molecule has 0 heterocycles. The molecule has 0 aromatic rings. The summed E-state index contributed by atoms with van der Waals surface area (Å²) in [6.45, 7) is 1.27. The van der Waals surface area contributed by atoms with Gasteiger partial charge in [0.1, 0.15) is 11.0 Å². The van der Waals surface area contributed by atoms with Crippen molar-refractivity contribution < 1.29 is 19.0 Å². The van der Waals surface area contributed by atoms with E-state index < -0.39 is 27.6 Å². The first-order chi connectivity index (χ1) is 8.71. The van der Waals surface area contributed by atoms with Crippen LogP contribution in [0.4, 0.5) is 0 Å². The number of fused-ring (bicyclic) bond motifs is 2. The van der Waals surface area contributed by atoms with Gasteiger partial charge in [-0.25, -0.2) is 0 Å². The molecule has 0 aliphatic heterocycles. The van der Waals surface area contributed by atoms with Crippen LogP contribution in [-0.4, -0.2) is 41.8 Å². The number of carbonyl (C=O) groups excluding carboxylic acids is 1. The molecule has 8 heteroatoms. The van der Waals surface area contributed by atoms with Crippen molar-refractivity contribution in [3.05, 3.63) is 10.1 Å². The van der Waals surface area contributed by atoms with E-state index in [0.717, 1.165) is 0 Å². The first kappa shape index (κ1) is 15.7. The maximum atomic E-state index is 11.2. The van der Waals surface area contributed by atoms with E-state index in [1.54, 1.807) is 0 Å². The normalized spacial score (nSPS) is 39.8. The van der Waals surface area contributed by atoms with Crippen LogP contribution >= 0.6 is 46.4 Å². The van der Waals surface area contributed by atoms with Gasteiger partial charge in [0.05, 0.1) is 10.1 Å². The SMILES string of the molecule is COC1(OC)[C@@]2(Cl)C[C@@H](OC(C)=O)[C@@]1(Cl)C(Cl)=C2Cl. The van der Waals surface area contributed by atoms with Crippen molar-refractivity contribution in [2.75, 3.05) is 14.2 Å². The second-order valence-electron chi connectivity index (χ2n) is 4.47. The van der Waals surface area contributed by atoms with Crippen LogP contribution in [0, 0.1) is 0 Å². The van der Waals surface area contributed by atoms with E-state index in [9.17, 15) is 4.79 Å². The molecule has 2 aliphatic rings. The highest BCUT2D eigenvalue weighted by Gasteiger charge is 2.82. The Morgan fingerprint density at radius 3 is 2.11 bits per heavy atom. The lowest BCUT2D eigenvalue weighted by Gasteiger charge is -2.40. The molecule has 19 heavy (non-hydrogen) atoms. The van der Waals surface area contributed by atoms with Crippen LogP contribution in [0.3, 0.4) is 0 Å². The van der Waals surface area contributed by atoms with Gasteiger partial charge in [0.25, 0.3) is 0 Å². The number of hydrogen-bond donors (Lipinski definition) is 0. The summed E-state index contributed by atoms with van der Waals surface area (Å²) in [7, 11) is 2.77. The van der Waals surface area contributed by atoms with E-state index >= 15 is 0 Å². The Balaban J connectivity index is 2.61. The Labute approximate surface area is 130 Å². The number of halogens is 4. The summed E-state index contributed by atoms with van der Waals surface area (Å²) in [6, 6.07) is 0. The van der Waals surface area contributed by atoms with Crippen LogP contribution in [-0.2, 0) is 19.0 Å². The van der Waals surface area contributed by atoms with Crippen molar-refractivity contribution in [2.45, 2.75) is 35.0 Å². The average Bonchev–Trinajstić information content (AvgIpc) is 2.60. The maximum absolute atomic E-state index is 11.2. The summed E-state index contributed by atoms with van der Waals surface area (Å²) >= 11 is 25.5. The number of ether oxygens (including phenoxy) is 3. The molecule has 1 fully saturated rings. The molecule has 1 saturated carbocycles. The van der Waals surface area contributed by atoms with Gasteiger partial charge < -0.3 is 14.2 Å². The van der Waals surface area contributed by atoms with E-state index in [2.05, 4.69) is 0 Å². The van der Waals surface area contributed by atoms with Gasteiger partial charge in [-0.15, -0.1) is 23.2 Å². The zero-order chi connectivity index (χ0) is 14.6. The Kier molecular flexibility index (Phi) is 3.84. The minimum Gasteiger partial charge on any atom is -0.460 e. The molecule has 0 radical (unpaired) electrons. The number of carbonyl (C=O) groups is 1. The van der Waals surface area contributed by atoms with Crippen LogP contribution in [0.25, 0.3) is 0 Å². The Hall–Kier alpha value is 0.290. The molecule has 0 unspecified atom stereocenters. The zero-order valence-corrected chi connectivity index (χ0v) is 13.5. The van der Waals surface area contributed by atoms with Gasteiger partial charge in [0.2, 0.25) is 5.79 Å². The number of alkyl halides is 2. The Morgan fingerprint density at radius 2 is 1.74 bits per heavy atom. The summed E-state index contributed by atoms with van der Waals surface area (Å²) in [5, 5.41) is 0.227. The summed E-state index contributed by atoms with van der Waals surface area (Å²) < 4.78 is 16.0. The minimum absolute atomic E-state index is 0.0760. The molecule has 2 aliphatic carbocycles. The van der Waals surface area contributed by atoms with Crippen LogP contribution in [0.1, 0.15) is 13.3 Å². The fourth-order valence-corrected chi connectivity index (χ4v) is 4.88. The number of esters is 1. The van der Waals surface area contributed by atoms with Crippen molar-refractivity contribution in [1.82, 2.24) is 0 Å². The number of hydrogen-bond acceptors (Lipinski definition) is 4. The zero-order valence-electron chi connectivity index (χ0n) is 10.4. The third-order valence-electron chi connectivity index (χ3n) is 3.65. The number of rotatable bonds is 3. The molecule has 2 bridgehead atoms. The fraction of sp³-hybridized carbons (Fsp3) is 0.727. The molecule has 2 rings (SSSR count). The summed E-state index contributed by atoms with van der Waals surface area (Å²) in [4.78, 5) is 8.44. The van der Waals surface area contributed by atoms with Crippen molar-refractivity contribution >= 4 is 52.4 Å². The van der Waals surface area contributed by atoms with E-state index in [0.29, 0.717) is 0 Å². The van der Waals surface area contributed by atoms with E-state index in [1.165, 1.54) is 21.1 Å². The molecule has 0 saturated heterocycles. The molecule has 0 amide bonds. The summed E-state index contributed by atoms with van der Waals surface area (Å²) in [5.74, 6) is -2.00. The smallest absolute Gasteiger partial charge is 0.302 e. The quantitative estimate of drug-likeness (QED) is 0.446. The van der Waals surface area contributed by atoms with Crippen molar-refractivity contribution in [1.29, 1.82) is 0 Å². The molecule has 0 N–H and O–H groups in total. The molecule has 108 valence electrons. The van der Waals surface area contributed by atoms with Crippen molar-refractivity contribution in [3.63, 3.8) is 0 Å². The van der Waals surface area contributed by atoms with E-state index in [1.807, 2.05) is 0 Å². The molecule has 0 aromatic carbocycles. The first-order valence-corrected chi connectivity index (χ1v) is 6.94. The minimum atomic E-state index is -1.50. The number of methoxy groups -OCH3 is 2. The fourth-order valence-electron chi connectivity index (χ4n) is 2.91. The lowest BCUT2D eigenvalue weighted by atomic mass is 10.0. The van der Waals surface area contributed by atoms with Gasteiger partial charge in [-0.05, 0) is 0 Å². The van der Waals surface area contributed by atoms with Gasteiger partial charge in [0.15, 0.2) is 4.87 Å². The molecule has 4 nitrogen and oxygen atoms in total. The Bertz CT molecular complexity index is 462. The van der Waals surface area contributed by atoms with Gasteiger partial charge in [-0.3, -0.25) is 4.79 Å². The van der Waals surface area contributed by atoms with E-state index in [-0.39, 0.29) is 16.5 Å². The molecular weight excluding hydrogens is 338 g/mol. The van der Waals surface area contributed by atoms with Crippen LogP contribution < -0.4 is 0 Å². The first-order valence-electron chi connectivity index (χ1n) is 5.43. The van der Waals surface area contributed by atoms with Crippen LogP contribution in [0.5, 0.6) is 0 Å². The second kappa shape index (κ2) is 4.65. The predicted molar refractivity (Wildman–Crippen MR) is 72.8 cm³/mol. The molecule has 3 atom stereocenters.